The number of halogens is 3. The Morgan fingerprint density at radius 2 is 1.67 bits per heavy atom. The summed E-state index contributed by atoms with van der Waals surface area (Å²) in [5, 5.41) is 5.32. The Morgan fingerprint density at radius 3 is 2.33 bits per heavy atom. The number of fused-ring (bicyclic) bond motifs is 1. The Hall–Kier alpha value is -2.46. The van der Waals surface area contributed by atoms with Gasteiger partial charge in [-0.25, -0.2) is 9.97 Å². The Morgan fingerprint density at radius 1 is 1.03 bits per heavy atom. The summed E-state index contributed by atoms with van der Waals surface area (Å²) in [5.74, 6) is 0.639. The normalized spacial score (nSPS) is 17.9. The van der Waals surface area contributed by atoms with E-state index in [4.69, 9.17) is 4.74 Å². The van der Waals surface area contributed by atoms with Crippen molar-refractivity contribution in [1.82, 2.24) is 20.2 Å². The van der Waals surface area contributed by atoms with E-state index in [1.165, 1.54) is 18.9 Å². The number of piperidine rings is 1. The maximum absolute atomic E-state index is 12.7. The first-order valence-electron chi connectivity index (χ1n) is 13.0. The molecular formula is C26H38F3N5O2. The molecule has 2 aliphatic heterocycles. The number of aromatic nitrogens is 2. The highest BCUT2D eigenvalue weighted by Gasteiger charge is 2.27. The highest BCUT2D eigenvalue weighted by molar-refractivity contribution is 5.94. The zero-order valence-corrected chi connectivity index (χ0v) is 21.2. The number of nitrogens with one attached hydrogen (secondary N) is 2. The third-order valence-corrected chi connectivity index (χ3v) is 6.36. The number of likely N-dealkylation sites (tertiary alicyclic amines) is 1. The van der Waals surface area contributed by atoms with Crippen molar-refractivity contribution in [1.29, 1.82) is 0 Å². The molecule has 2 aliphatic rings. The fraction of sp³-hybridized carbons (Fsp3) is 0.654. The fourth-order valence-corrected chi connectivity index (χ4v) is 4.39. The van der Waals surface area contributed by atoms with Crippen LogP contribution in [0.4, 0.5) is 19.0 Å². The largest absolute Gasteiger partial charge is 0.405 e. The number of ether oxygens (including phenoxy) is 1. The molecule has 2 aromatic heterocycles. The quantitative estimate of drug-likeness (QED) is 0.545. The second-order valence-corrected chi connectivity index (χ2v) is 9.54. The number of pyridine rings is 2. The van der Waals surface area contributed by atoms with Gasteiger partial charge in [-0.1, -0.05) is 20.3 Å². The standard InChI is InChI=1S/C23H30F3N5O2.C3H8/c24-23(25,26)15-27-21-4-3-18-19(30-21)1-2-20(29-18)22(32)28-17-6-11-31(12-7-17)10-5-16-8-13-33-14-9-16;1-3-2/h1-4,16-17H,5-15H2,(H,27,30)(H,28,32);3H2,1-2H3. The molecule has 0 unspecified atom stereocenters. The molecule has 0 spiro atoms. The van der Waals surface area contributed by atoms with E-state index in [9.17, 15) is 18.0 Å². The van der Waals surface area contributed by atoms with Crippen molar-refractivity contribution in [3.8, 4) is 0 Å². The summed E-state index contributed by atoms with van der Waals surface area (Å²) in [7, 11) is 0. The van der Waals surface area contributed by atoms with Crippen molar-refractivity contribution < 1.29 is 22.7 Å². The van der Waals surface area contributed by atoms with Crippen LogP contribution in [-0.4, -0.2) is 72.4 Å². The number of nitrogens with zero attached hydrogens (tertiary/aromatic N) is 3. The van der Waals surface area contributed by atoms with Gasteiger partial charge in [0.1, 0.15) is 18.1 Å². The minimum atomic E-state index is -4.32. The molecule has 0 radical (unpaired) electrons. The first-order valence-corrected chi connectivity index (χ1v) is 13.0. The fourth-order valence-electron chi connectivity index (χ4n) is 4.39. The highest BCUT2D eigenvalue weighted by atomic mass is 19.4. The van der Waals surface area contributed by atoms with Crippen LogP contribution >= 0.6 is 0 Å². The minimum absolute atomic E-state index is 0.112. The number of hydrogen-bond acceptors (Lipinski definition) is 6. The highest BCUT2D eigenvalue weighted by Crippen LogP contribution is 2.21. The molecule has 0 bridgehead atoms. The van der Waals surface area contributed by atoms with Crippen LogP contribution in [0.5, 0.6) is 0 Å². The predicted octanol–water partition coefficient (Wildman–Crippen LogP) is 5.03. The number of rotatable bonds is 7. The lowest BCUT2D eigenvalue weighted by Gasteiger charge is -2.33. The monoisotopic (exact) mass is 509 g/mol. The maximum atomic E-state index is 12.7. The third-order valence-electron chi connectivity index (χ3n) is 6.36. The SMILES string of the molecule is CCC.O=C(NC1CCN(CCC2CCOCC2)CC1)c1ccc2nc(NCC(F)(F)F)ccc2n1. The topological polar surface area (TPSA) is 79.4 Å². The van der Waals surface area contributed by atoms with E-state index in [1.807, 2.05) is 0 Å². The van der Waals surface area contributed by atoms with Crippen molar-refractivity contribution in [3.05, 3.63) is 30.0 Å². The van der Waals surface area contributed by atoms with E-state index in [2.05, 4.69) is 39.3 Å². The van der Waals surface area contributed by atoms with E-state index in [0.29, 0.717) is 11.0 Å². The molecule has 200 valence electrons. The first-order chi connectivity index (χ1) is 17.3. The molecule has 2 saturated heterocycles. The van der Waals surface area contributed by atoms with Crippen molar-refractivity contribution in [2.75, 3.05) is 44.7 Å². The zero-order valence-electron chi connectivity index (χ0n) is 21.2. The van der Waals surface area contributed by atoms with Gasteiger partial charge >= 0.3 is 6.18 Å². The van der Waals surface area contributed by atoms with E-state index in [1.54, 1.807) is 18.2 Å². The average Bonchev–Trinajstić information content (AvgIpc) is 2.87. The molecule has 4 rings (SSSR count). The predicted molar refractivity (Wildman–Crippen MR) is 135 cm³/mol. The van der Waals surface area contributed by atoms with Crippen LogP contribution in [0, 0.1) is 5.92 Å². The molecule has 2 N–H and O–H groups in total. The molecule has 0 atom stereocenters. The van der Waals surface area contributed by atoms with E-state index in [0.717, 1.165) is 64.4 Å². The van der Waals surface area contributed by atoms with Crippen molar-refractivity contribution in [2.24, 2.45) is 5.92 Å². The second-order valence-electron chi connectivity index (χ2n) is 9.54. The lowest BCUT2D eigenvalue weighted by molar-refractivity contribution is -0.115. The lowest BCUT2D eigenvalue weighted by Crippen LogP contribution is -2.45. The molecule has 0 aliphatic carbocycles. The van der Waals surface area contributed by atoms with E-state index >= 15 is 0 Å². The molecule has 0 aromatic carbocycles. The summed E-state index contributed by atoms with van der Waals surface area (Å²) in [5.41, 5.74) is 1.17. The molecule has 10 heteroatoms. The van der Waals surface area contributed by atoms with E-state index < -0.39 is 12.7 Å². The third kappa shape index (κ3) is 9.20. The summed E-state index contributed by atoms with van der Waals surface area (Å²) >= 11 is 0. The number of alkyl halides is 3. The smallest absolute Gasteiger partial charge is 0.381 e. The van der Waals surface area contributed by atoms with Gasteiger partial charge in [-0.3, -0.25) is 4.79 Å². The van der Waals surface area contributed by atoms with Gasteiger partial charge in [0.25, 0.3) is 5.91 Å². The number of anilines is 1. The summed E-state index contributed by atoms with van der Waals surface area (Å²) in [4.78, 5) is 23.6. The van der Waals surface area contributed by atoms with Gasteiger partial charge in [0, 0.05) is 32.3 Å². The van der Waals surface area contributed by atoms with Gasteiger partial charge in [-0.05, 0) is 68.8 Å². The van der Waals surface area contributed by atoms with Crippen LogP contribution in [0.15, 0.2) is 24.3 Å². The molecule has 2 aromatic rings. The summed E-state index contributed by atoms with van der Waals surface area (Å²) in [6, 6.07) is 6.27. The minimum Gasteiger partial charge on any atom is -0.381 e. The van der Waals surface area contributed by atoms with Gasteiger partial charge in [-0.2, -0.15) is 13.2 Å². The van der Waals surface area contributed by atoms with Crippen LogP contribution in [0.3, 0.4) is 0 Å². The molecule has 4 heterocycles. The van der Waals surface area contributed by atoms with Crippen molar-refractivity contribution in [3.63, 3.8) is 0 Å². The Kier molecular flexibility index (Phi) is 10.7. The Balaban J connectivity index is 0.00000115. The Bertz CT molecular complexity index is 958. The summed E-state index contributed by atoms with van der Waals surface area (Å²) in [6.45, 7) is 7.90. The van der Waals surface area contributed by atoms with Gasteiger partial charge in [0.05, 0.1) is 11.0 Å². The Labute approximate surface area is 211 Å². The number of carbonyl (C=O) groups is 1. The molecule has 1 amide bonds. The van der Waals surface area contributed by atoms with Gasteiger partial charge in [0.2, 0.25) is 0 Å². The van der Waals surface area contributed by atoms with Gasteiger partial charge < -0.3 is 20.3 Å². The zero-order chi connectivity index (χ0) is 26.0. The van der Waals surface area contributed by atoms with Crippen LogP contribution in [0.1, 0.15) is 62.9 Å². The molecular weight excluding hydrogens is 471 g/mol. The van der Waals surface area contributed by atoms with E-state index in [-0.39, 0.29) is 23.5 Å². The van der Waals surface area contributed by atoms with Gasteiger partial charge in [-0.15, -0.1) is 0 Å². The van der Waals surface area contributed by atoms with Crippen molar-refractivity contribution in [2.45, 2.75) is 64.6 Å². The molecule has 0 saturated carbocycles. The summed E-state index contributed by atoms with van der Waals surface area (Å²) in [6.07, 6.45) is 2.27. The molecule has 2 fully saturated rings. The maximum Gasteiger partial charge on any atom is 0.405 e. The van der Waals surface area contributed by atoms with Crippen LogP contribution in [0.25, 0.3) is 11.0 Å². The molecule has 36 heavy (non-hydrogen) atoms. The summed E-state index contributed by atoms with van der Waals surface area (Å²) < 4.78 is 42.5. The van der Waals surface area contributed by atoms with Crippen LogP contribution in [-0.2, 0) is 4.74 Å². The first kappa shape index (κ1) is 28.1. The number of amides is 1. The van der Waals surface area contributed by atoms with Crippen LogP contribution < -0.4 is 10.6 Å². The van der Waals surface area contributed by atoms with Crippen molar-refractivity contribution >= 4 is 22.8 Å². The number of hydrogen-bond donors (Lipinski definition) is 2. The van der Waals surface area contributed by atoms with Gasteiger partial charge in [0.15, 0.2) is 0 Å². The lowest BCUT2D eigenvalue weighted by atomic mass is 9.95. The average molecular weight is 510 g/mol. The molecule has 7 nitrogen and oxygen atoms in total. The number of carbonyl (C=O) groups excluding carboxylic acids is 1. The second kappa shape index (κ2) is 13.7. The van der Waals surface area contributed by atoms with Crippen LogP contribution in [0.2, 0.25) is 0 Å².